The van der Waals surface area contributed by atoms with Gasteiger partial charge >= 0.3 is 0 Å². The highest BCUT2D eigenvalue weighted by molar-refractivity contribution is 7.09. The maximum Gasteiger partial charge on any atom is 0.223 e. The monoisotopic (exact) mass is 239 g/mol. The fourth-order valence-corrected chi connectivity index (χ4v) is 2.18. The second-order valence-electron chi connectivity index (χ2n) is 4.12. The maximum absolute atomic E-state index is 11.3. The summed E-state index contributed by atoms with van der Waals surface area (Å²) in [5, 5.41) is 9.33. The lowest BCUT2D eigenvalue weighted by molar-refractivity contribution is -0.122. The first kappa shape index (κ1) is 11.5. The van der Waals surface area contributed by atoms with Gasteiger partial charge in [-0.15, -0.1) is 11.3 Å². The van der Waals surface area contributed by atoms with E-state index in [1.165, 1.54) is 0 Å². The molecule has 1 aromatic rings. The molecule has 1 aromatic heterocycles. The van der Waals surface area contributed by atoms with Crippen molar-refractivity contribution in [3.63, 3.8) is 0 Å². The van der Waals surface area contributed by atoms with Crippen molar-refractivity contribution >= 4 is 17.2 Å². The number of thiazole rings is 1. The van der Waals surface area contributed by atoms with E-state index in [2.05, 4.69) is 15.6 Å². The zero-order valence-electron chi connectivity index (χ0n) is 9.45. The largest absolute Gasteiger partial charge is 0.355 e. The lowest BCUT2D eigenvalue weighted by Crippen LogP contribution is -2.32. The molecular weight excluding hydrogens is 222 g/mol. The zero-order valence-corrected chi connectivity index (χ0v) is 10.3. The van der Waals surface area contributed by atoms with Gasteiger partial charge in [0.2, 0.25) is 5.91 Å². The third-order valence-electron chi connectivity index (χ3n) is 2.49. The van der Waals surface area contributed by atoms with Gasteiger partial charge < -0.3 is 10.6 Å². The number of amides is 1. The van der Waals surface area contributed by atoms with E-state index in [4.69, 9.17) is 0 Å². The lowest BCUT2D eigenvalue weighted by Gasteiger charge is -2.04. The van der Waals surface area contributed by atoms with Crippen molar-refractivity contribution in [2.75, 3.05) is 13.1 Å². The molecule has 0 unspecified atom stereocenters. The van der Waals surface area contributed by atoms with Gasteiger partial charge in [0.25, 0.3) is 0 Å². The summed E-state index contributed by atoms with van der Waals surface area (Å²) in [4.78, 5) is 15.6. The number of aromatic nitrogens is 1. The molecule has 0 saturated heterocycles. The molecule has 1 amide bonds. The summed E-state index contributed by atoms with van der Waals surface area (Å²) < 4.78 is 0. The second kappa shape index (κ2) is 5.41. The third-order valence-corrected chi connectivity index (χ3v) is 3.46. The Morgan fingerprint density at radius 2 is 2.38 bits per heavy atom. The van der Waals surface area contributed by atoms with Gasteiger partial charge in [-0.2, -0.15) is 0 Å². The SMILES string of the molecule is Cc1csc(CNCCNC(=O)C2CC2)n1. The minimum Gasteiger partial charge on any atom is -0.355 e. The lowest BCUT2D eigenvalue weighted by atomic mass is 10.4. The molecular formula is C11H17N3OS. The number of hydrogen-bond acceptors (Lipinski definition) is 4. The van der Waals surface area contributed by atoms with E-state index < -0.39 is 0 Å². The molecule has 16 heavy (non-hydrogen) atoms. The van der Waals surface area contributed by atoms with Crippen LogP contribution in [0.25, 0.3) is 0 Å². The van der Waals surface area contributed by atoms with Gasteiger partial charge in [-0.25, -0.2) is 4.98 Å². The molecule has 2 rings (SSSR count). The summed E-state index contributed by atoms with van der Waals surface area (Å²) in [5.41, 5.74) is 1.07. The minimum absolute atomic E-state index is 0.215. The highest BCUT2D eigenvalue weighted by Gasteiger charge is 2.28. The first-order valence-corrected chi connectivity index (χ1v) is 6.53. The Hall–Kier alpha value is -0.940. The van der Waals surface area contributed by atoms with Crippen LogP contribution in [0.1, 0.15) is 23.5 Å². The van der Waals surface area contributed by atoms with Crippen LogP contribution in [0.2, 0.25) is 0 Å². The summed E-state index contributed by atoms with van der Waals surface area (Å²) in [5.74, 6) is 0.522. The molecule has 1 fully saturated rings. The van der Waals surface area contributed by atoms with Crippen molar-refractivity contribution in [3.8, 4) is 0 Å². The normalized spacial score (nSPS) is 15.1. The van der Waals surface area contributed by atoms with Crippen molar-refractivity contribution in [1.82, 2.24) is 15.6 Å². The first-order chi connectivity index (χ1) is 7.75. The van der Waals surface area contributed by atoms with Crippen molar-refractivity contribution in [3.05, 3.63) is 16.1 Å². The Morgan fingerprint density at radius 3 is 3.00 bits per heavy atom. The van der Waals surface area contributed by atoms with Gasteiger partial charge in [0.15, 0.2) is 0 Å². The summed E-state index contributed by atoms with van der Waals surface area (Å²) >= 11 is 1.67. The van der Waals surface area contributed by atoms with Gasteiger partial charge in [0.05, 0.1) is 0 Å². The number of hydrogen-bond donors (Lipinski definition) is 2. The van der Waals surface area contributed by atoms with Crippen LogP contribution in [0, 0.1) is 12.8 Å². The van der Waals surface area contributed by atoms with E-state index in [1.54, 1.807) is 11.3 Å². The van der Waals surface area contributed by atoms with E-state index in [0.29, 0.717) is 12.5 Å². The molecule has 5 heteroatoms. The molecule has 2 N–H and O–H groups in total. The van der Waals surface area contributed by atoms with Crippen molar-refractivity contribution in [1.29, 1.82) is 0 Å². The first-order valence-electron chi connectivity index (χ1n) is 5.65. The smallest absolute Gasteiger partial charge is 0.223 e. The van der Waals surface area contributed by atoms with Crippen molar-refractivity contribution < 1.29 is 4.79 Å². The predicted octanol–water partition coefficient (Wildman–Crippen LogP) is 1.07. The van der Waals surface area contributed by atoms with Crippen LogP contribution in [0.4, 0.5) is 0 Å². The fourth-order valence-electron chi connectivity index (χ4n) is 1.44. The minimum atomic E-state index is 0.215. The molecule has 0 aromatic carbocycles. The number of aryl methyl sites for hydroxylation is 1. The zero-order chi connectivity index (χ0) is 11.4. The van der Waals surface area contributed by atoms with Crippen molar-refractivity contribution in [2.24, 2.45) is 5.92 Å². The van der Waals surface area contributed by atoms with Crippen LogP contribution < -0.4 is 10.6 Å². The Kier molecular flexibility index (Phi) is 3.90. The van der Waals surface area contributed by atoms with Crippen LogP contribution in [-0.4, -0.2) is 24.0 Å². The van der Waals surface area contributed by atoms with Crippen LogP contribution in [0.3, 0.4) is 0 Å². The van der Waals surface area contributed by atoms with Gasteiger partial charge in [0.1, 0.15) is 5.01 Å². The van der Waals surface area contributed by atoms with Crippen molar-refractivity contribution in [2.45, 2.75) is 26.3 Å². The topological polar surface area (TPSA) is 54.0 Å². The summed E-state index contributed by atoms with van der Waals surface area (Å²) in [6, 6.07) is 0. The van der Waals surface area contributed by atoms with Crippen LogP contribution in [0.15, 0.2) is 5.38 Å². The number of rotatable bonds is 6. The highest BCUT2D eigenvalue weighted by Crippen LogP contribution is 2.28. The number of nitrogens with one attached hydrogen (secondary N) is 2. The maximum atomic E-state index is 11.3. The molecule has 0 spiro atoms. The Morgan fingerprint density at radius 1 is 1.56 bits per heavy atom. The second-order valence-corrected chi connectivity index (χ2v) is 5.07. The Labute approximate surface area is 99.5 Å². The molecule has 1 saturated carbocycles. The van der Waals surface area contributed by atoms with Gasteiger partial charge in [-0.05, 0) is 19.8 Å². The Bertz CT molecular complexity index is 360. The van der Waals surface area contributed by atoms with Crippen LogP contribution >= 0.6 is 11.3 Å². The average molecular weight is 239 g/mol. The highest BCUT2D eigenvalue weighted by atomic mass is 32.1. The molecule has 0 bridgehead atoms. The quantitative estimate of drug-likeness (QED) is 0.730. The summed E-state index contributed by atoms with van der Waals surface area (Å²) in [7, 11) is 0. The van der Waals surface area contributed by atoms with Crippen LogP contribution in [-0.2, 0) is 11.3 Å². The van der Waals surface area contributed by atoms with E-state index in [0.717, 1.165) is 36.6 Å². The van der Waals surface area contributed by atoms with E-state index in [-0.39, 0.29) is 5.91 Å². The van der Waals surface area contributed by atoms with Gasteiger partial charge in [-0.3, -0.25) is 4.79 Å². The van der Waals surface area contributed by atoms with E-state index in [9.17, 15) is 4.79 Å². The van der Waals surface area contributed by atoms with Gasteiger partial charge in [0, 0.05) is 36.6 Å². The molecule has 1 aliphatic rings. The Balaban J connectivity index is 1.53. The number of carbonyl (C=O) groups excluding carboxylic acids is 1. The summed E-state index contributed by atoms with van der Waals surface area (Å²) in [6.07, 6.45) is 2.13. The number of carbonyl (C=O) groups is 1. The number of nitrogens with zero attached hydrogens (tertiary/aromatic N) is 1. The predicted molar refractivity (Wildman–Crippen MR) is 64.3 cm³/mol. The molecule has 1 aliphatic carbocycles. The van der Waals surface area contributed by atoms with Gasteiger partial charge in [-0.1, -0.05) is 0 Å². The average Bonchev–Trinajstić information content (AvgIpc) is 3.03. The van der Waals surface area contributed by atoms with E-state index in [1.807, 2.05) is 12.3 Å². The molecule has 88 valence electrons. The molecule has 0 aliphatic heterocycles. The molecule has 0 radical (unpaired) electrons. The molecule has 4 nitrogen and oxygen atoms in total. The standard InChI is InChI=1S/C11H17N3OS/c1-8-7-16-10(14-8)6-12-4-5-13-11(15)9-2-3-9/h7,9,12H,2-6H2,1H3,(H,13,15). The van der Waals surface area contributed by atoms with E-state index >= 15 is 0 Å². The fraction of sp³-hybridized carbons (Fsp3) is 0.636. The molecule has 1 heterocycles. The van der Waals surface area contributed by atoms with Crippen LogP contribution in [0.5, 0.6) is 0 Å². The summed E-state index contributed by atoms with van der Waals surface area (Å²) in [6.45, 7) is 4.30. The third kappa shape index (κ3) is 3.57. The molecule has 0 atom stereocenters.